The second-order valence-corrected chi connectivity index (χ2v) is 5.49. The van der Waals surface area contributed by atoms with Crippen molar-refractivity contribution in [3.8, 4) is 5.75 Å². The summed E-state index contributed by atoms with van der Waals surface area (Å²) in [5.74, 6) is 0.799. The van der Waals surface area contributed by atoms with E-state index in [-0.39, 0.29) is 6.61 Å². The molecule has 0 saturated heterocycles. The van der Waals surface area contributed by atoms with Crippen molar-refractivity contribution >= 4 is 16.6 Å². The topological polar surface area (TPSA) is 86.5 Å². The van der Waals surface area contributed by atoms with E-state index in [1.54, 1.807) is 13.3 Å². The number of hydrogen-bond acceptors (Lipinski definition) is 6. The standard InChI is InChI=1S/C17H23N3O4/c1-23-14-7-8-15-16(9-11-19-17(15)13-14)18-10-5-3-2-4-6-12-24-20(21)22/h7-9,11,13H,2-6,10,12H2,1H3,(H,18,19). The second kappa shape index (κ2) is 9.54. The van der Waals surface area contributed by atoms with Crippen LogP contribution in [-0.4, -0.2) is 30.3 Å². The summed E-state index contributed by atoms with van der Waals surface area (Å²) >= 11 is 0. The zero-order valence-electron chi connectivity index (χ0n) is 13.9. The molecule has 0 bridgehead atoms. The van der Waals surface area contributed by atoms with Gasteiger partial charge in [-0.25, -0.2) is 0 Å². The van der Waals surface area contributed by atoms with E-state index in [0.29, 0.717) is 0 Å². The molecule has 0 atom stereocenters. The van der Waals surface area contributed by atoms with E-state index < -0.39 is 5.09 Å². The van der Waals surface area contributed by atoms with Crippen LogP contribution in [0.4, 0.5) is 5.69 Å². The molecule has 0 unspecified atom stereocenters. The molecule has 24 heavy (non-hydrogen) atoms. The van der Waals surface area contributed by atoms with E-state index in [4.69, 9.17) is 4.74 Å². The number of nitrogens with one attached hydrogen (secondary N) is 1. The first-order valence-electron chi connectivity index (χ1n) is 8.14. The first-order chi connectivity index (χ1) is 11.7. The third-order valence-corrected chi connectivity index (χ3v) is 3.78. The molecule has 7 nitrogen and oxygen atoms in total. The summed E-state index contributed by atoms with van der Waals surface area (Å²) in [4.78, 5) is 18.6. The zero-order valence-corrected chi connectivity index (χ0v) is 13.9. The molecule has 0 saturated carbocycles. The van der Waals surface area contributed by atoms with Crippen LogP contribution < -0.4 is 10.1 Å². The molecule has 0 aliphatic carbocycles. The van der Waals surface area contributed by atoms with Gasteiger partial charge in [0.1, 0.15) is 5.75 Å². The smallest absolute Gasteiger partial charge is 0.294 e. The van der Waals surface area contributed by atoms with E-state index in [1.807, 2.05) is 24.3 Å². The number of fused-ring (bicyclic) bond motifs is 1. The predicted molar refractivity (Wildman–Crippen MR) is 92.8 cm³/mol. The van der Waals surface area contributed by atoms with E-state index in [2.05, 4.69) is 15.1 Å². The SMILES string of the molecule is COc1ccc2c(NCCCCCCCO[N+](=O)[O-])ccnc2c1. The Bertz CT molecular complexity index is 663. The Morgan fingerprint density at radius 2 is 1.96 bits per heavy atom. The van der Waals surface area contributed by atoms with Gasteiger partial charge in [0.15, 0.2) is 0 Å². The number of benzene rings is 1. The third-order valence-electron chi connectivity index (χ3n) is 3.78. The molecule has 1 N–H and O–H groups in total. The number of unbranched alkanes of at least 4 members (excludes halogenated alkanes) is 4. The van der Waals surface area contributed by atoms with Crippen molar-refractivity contribution in [2.45, 2.75) is 32.1 Å². The molecule has 1 aromatic heterocycles. The maximum atomic E-state index is 10.0. The summed E-state index contributed by atoms with van der Waals surface area (Å²) in [7, 11) is 1.65. The highest BCUT2D eigenvalue weighted by Gasteiger charge is 2.03. The van der Waals surface area contributed by atoms with Crippen molar-refractivity contribution in [1.82, 2.24) is 4.98 Å². The van der Waals surface area contributed by atoms with Gasteiger partial charge in [0.05, 0.1) is 19.2 Å². The fourth-order valence-electron chi connectivity index (χ4n) is 2.53. The molecule has 0 spiro atoms. The van der Waals surface area contributed by atoms with Gasteiger partial charge < -0.3 is 14.9 Å². The minimum absolute atomic E-state index is 0.192. The van der Waals surface area contributed by atoms with E-state index in [1.165, 1.54) is 0 Å². The monoisotopic (exact) mass is 333 g/mol. The Labute approximate surface area is 141 Å². The molecule has 7 heteroatoms. The molecule has 1 aromatic carbocycles. The summed E-state index contributed by atoms with van der Waals surface area (Å²) in [6.45, 7) is 1.08. The minimum Gasteiger partial charge on any atom is -0.497 e. The lowest BCUT2D eigenvalue weighted by Crippen LogP contribution is -2.03. The number of nitrogens with zero attached hydrogens (tertiary/aromatic N) is 2. The van der Waals surface area contributed by atoms with Crippen LogP contribution in [0.15, 0.2) is 30.5 Å². The number of methoxy groups -OCH3 is 1. The van der Waals surface area contributed by atoms with Crippen LogP contribution in [0.3, 0.4) is 0 Å². The summed E-state index contributed by atoms with van der Waals surface area (Å²) < 4.78 is 5.22. The molecule has 2 rings (SSSR count). The molecule has 1 heterocycles. The van der Waals surface area contributed by atoms with Crippen molar-refractivity contribution in [3.63, 3.8) is 0 Å². The molecule has 130 valence electrons. The Hall–Kier alpha value is -2.57. The summed E-state index contributed by atoms with van der Waals surface area (Å²) in [5.41, 5.74) is 1.98. The summed E-state index contributed by atoms with van der Waals surface area (Å²) in [6.07, 6.45) is 6.66. The quantitative estimate of drug-likeness (QED) is 0.382. The Balaban J connectivity index is 1.69. The zero-order chi connectivity index (χ0) is 17.2. The number of ether oxygens (including phenoxy) is 1. The van der Waals surface area contributed by atoms with Gasteiger partial charge in [-0.2, -0.15) is 0 Å². The summed E-state index contributed by atoms with van der Waals surface area (Å²) in [6, 6.07) is 7.85. The normalized spacial score (nSPS) is 10.5. The highest BCUT2D eigenvalue weighted by molar-refractivity contribution is 5.91. The molecule has 0 amide bonds. The molecule has 0 aliphatic heterocycles. The van der Waals surface area contributed by atoms with Gasteiger partial charge in [0.25, 0.3) is 5.09 Å². The maximum Gasteiger partial charge on any atom is 0.294 e. The van der Waals surface area contributed by atoms with E-state index in [0.717, 1.165) is 61.0 Å². The van der Waals surface area contributed by atoms with Crippen LogP contribution in [0.5, 0.6) is 5.75 Å². The van der Waals surface area contributed by atoms with Gasteiger partial charge in [0, 0.05) is 29.9 Å². The molecule has 0 fully saturated rings. The molecule has 0 aliphatic rings. The van der Waals surface area contributed by atoms with Crippen LogP contribution in [-0.2, 0) is 4.84 Å². The van der Waals surface area contributed by atoms with Crippen molar-refractivity contribution < 1.29 is 14.7 Å². The maximum absolute atomic E-state index is 10.0. The van der Waals surface area contributed by atoms with Crippen molar-refractivity contribution in [2.24, 2.45) is 0 Å². The lowest BCUT2D eigenvalue weighted by molar-refractivity contribution is -0.757. The number of aromatic nitrogens is 1. The van der Waals surface area contributed by atoms with Gasteiger partial charge in [0.2, 0.25) is 0 Å². The number of hydrogen-bond donors (Lipinski definition) is 1. The number of pyridine rings is 1. The van der Waals surface area contributed by atoms with Crippen LogP contribution in [0.25, 0.3) is 10.9 Å². The molecule has 0 radical (unpaired) electrons. The third kappa shape index (κ3) is 5.57. The van der Waals surface area contributed by atoms with E-state index >= 15 is 0 Å². The van der Waals surface area contributed by atoms with Gasteiger partial charge in [-0.1, -0.05) is 19.3 Å². The minimum atomic E-state index is -0.738. The fraction of sp³-hybridized carbons (Fsp3) is 0.471. The molecular weight excluding hydrogens is 310 g/mol. The average Bonchev–Trinajstić information content (AvgIpc) is 2.59. The molecule has 2 aromatic rings. The van der Waals surface area contributed by atoms with Gasteiger partial charge in [-0.3, -0.25) is 4.98 Å². The number of anilines is 1. The lowest BCUT2D eigenvalue weighted by Gasteiger charge is -2.10. The number of rotatable bonds is 11. The Kier molecular flexibility index (Phi) is 7.07. The van der Waals surface area contributed by atoms with Crippen molar-refractivity contribution in [2.75, 3.05) is 25.6 Å². The van der Waals surface area contributed by atoms with Crippen molar-refractivity contribution in [1.29, 1.82) is 0 Å². The second-order valence-electron chi connectivity index (χ2n) is 5.49. The Morgan fingerprint density at radius 3 is 2.75 bits per heavy atom. The van der Waals surface area contributed by atoms with Crippen LogP contribution >= 0.6 is 0 Å². The van der Waals surface area contributed by atoms with Crippen molar-refractivity contribution in [3.05, 3.63) is 40.6 Å². The lowest BCUT2D eigenvalue weighted by atomic mass is 10.1. The largest absolute Gasteiger partial charge is 0.497 e. The predicted octanol–water partition coefficient (Wildman–Crippen LogP) is 3.81. The summed E-state index contributed by atoms with van der Waals surface area (Å²) in [5, 5.41) is 13.8. The highest BCUT2D eigenvalue weighted by atomic mass is 16.9. The van der Waals surface area contributed by atoms with E-state index in [9.17, 15) is 10.1 Å². The molecular formula is C17H23N3O4. The first kappa shape index (κ1) is 17.8. The van der Waals surface area contributed by atoms with Crippen LogP contribution in [0.1, 0.15) is 32.1 Å². The van der Waals surface area contributed by atoms with Gasteiger partial charge in [-0.15, -0.1) is 10.1 Å². The van der Waals surface area contributed by atoms with Gasteiger partial charge >= 0.3 is 0 Å². The fourth-order valence-corrected chi connectivity index (χ4v) is 2.53. The average molecular weight is 333 g/mol. The highest BCUT2D eigenvalue weighted by Crippen LogP contribution is 2.25. The van der Waals surface area contributed by atoms with Gasteiger partial charge in [-0.05, 0) is 31.0 Å². The first-order valence-corrected chi connectivity index (χ1v) is 8.14. The van der Waals surface area contributed by atoms with Crippen LogP contribution in [0.2, 0.25) is 0 Å². The van der Waals surface area contributed by atoms with Crippen LogP contribution in [0, 0.1) is 10.1 Å². The Morgan fingerprint density at radius 1 is 1.17 bits per heavy atom.